The molecule has 0 heterocycles. The summed E-state index contributed by atoms with van der Waals surface area (Å²) in [5.41, 5.74) is 5.83. The minimum atomic E-state index is 0. The van der Waals surface area contributed by atoms with Crippen molar-refractivity contribution in [2.24, 2.45) is 5.73 Å². The molecule has 2 heteroatoms. The predicted octanol–water partition coefficient (Wildman–Crippen LogP) is 2.88. The SMILES string of the molecule is Br.CCCCCC(C)(C)N. The molecular weight excluding hydrogens is 190 g/mol. The van der Waals surface area contributed by atoms with E-state index in [4.69, 9.17) is 5.73 Å². The molecule has 0 radical (unpaired) electrons. The van der Waals surface area contributed by atoms with Gasteiger partial charge < -0.3 is 5.73 Å². The van der Waals surface area contributed by atoms with Gasteiger partial charge in [0.15, 0.2) is 0 Å². The fourth-order valence-corrected chi connectivity index (χ4v) is 0.831. The van der Waals surface area contributed by atoms with Crippen LogP contribution in [0.5, 0.6) is 0 Å². The van der Waals surface area contributed by atoms with E-state index in [-0.39, 0.29) is 22.5 Å². The Bertz CT molecular complexity index is 66.1. The highest BCUT2D eigenvalue weighted by Gasteiger charge is 2.08. The second kappa shape index (κ2) is 6.17. The van der Waals surface area contributed by atoms with Crippen LogP contribution >= 0.6 is 17.0 Å². The second-order valence-corrected chi connectivity index (χ2v) is 3.45. The Morgan fingerprint density at radius 3 is 2.00 bits per heavy atom. The Labute approximate surface area is 75.1 Å². The Balaban J connectivity index is 0. The minimum absolute atomic E-state index is 0. The third-order valence-corrected chi connectivity index (χ3v) is 1.42. The smallest absolute Gasteiger partial charge is 0.00970 e. The predicted molar refractivity (Wildman–Crippen MR) is 52.7 cm³/mol. The topological polar surface area (TPSA) is 26.0 Å². The maximum absolute atomic E-state index is 5.78. The quantitative estimate of drug-likeness (QED) is 0.709. The molecule has 0 amide bonds. The van der Waals surface area contributed by atoms with Crippen LogP contribution in [0.3, 0.4) is 0 Å². The maximum atomic E-state index is 5.78. The van der Waals surface area contributed by atoms with Crippen LogP contribution < -0.4 is 5.73 Å². The van der Waals surface area contributed by atoms with Crippen LogP contribution in [-0.2, 0) is 0 Å². The van der Waals surface area contributed by atoms with Gasteiger partial charge in [-0.25, -0.2) is 0 Å². The lowest BCUT2D eigenvalue weighted by atomic mass is 9.98. The molecule has 0 atom stereocenters. The van der Waals surface area contributed by atoms with Crippen molar-refractivity contribution in [2.75, 3.05) is 0 Å². The molecule has 0 unspecified atom stereocenters. The standard InChI is InChI=1S/C8H19N.BrH/c1-4-5-6-7-8(2,3)9;/h4-7,9H2,1-3H3;1H. The fraction of sp³-hybridized carbons (Fsp3) is 1.00. The van der Waals surface area contributed by atoms with E-state index in [0.29, 0.717) is 0 Å². The van der Waals surface area contributed by atoms with Gasteiger partial charge in [0.25, 0.3) is 0 Å². The van der Waals surface area contributed by atoms with Gasteiger partial charge >= 0.3 is 0 Å². The number of nitrogens with two attached hydrogens (primary N) is 1. The first kappa shape index (κ1) is 13.1. The summed E-state index contributed by atoms with van der Waals surface area (Å²) in [6.07, 6.45) is 5.04. The number of rotatable bonds is 4. The summed E-state index contributed by atoms with van der Waals surface area (Å²) in [7, 11) is 0. The molecule has 1 nitrogen and oxygen atoms in total. The minimum Gasteiger partial charge on any atom is -0.326 e. The zero-order chi connectivity index (χ0) is 7.33. The number of hydrogen-bond acceptors (Lipinski definition) is 1. The lowest BCUT2D eigenvalue weighted by Crippen LogP contribution is -2.31. The van der Waals surface area contributed by atoms with Crippen molar-refractivity contribution in [1.82, 2.24) is 0 Å². The van der Waals surface area contributed by atoms with Crippen molar-refractivity contribution in [3.05, 3.63) is 0 Å². The maximum Gasteiger partial charge on any atom is 0.00970 e. The van der Waals surface area contributed by atoms with E-state index in [2.05, 4.69) is 20.8 Å². The van der Waals surface area contributed by atoms with Crippen LogP contribution in [0.25, 0.3) is 0 Å². The van der Waals surface area contributed by atoms with Gasteiger partial charge in [-0.15, -0.1) is 17.0 Å². The van der Waals surface area contributed by atoms with Gasteiger partial charge in [0, 0.05) is 5.54 Å². The Kier molecular flexibility index (Phi) is 8.06. The van der Waals surface area contributed by atoms with Gasteiger partial charge in [0.2, 0.25) is 0 Å². The lowest BCUT2D eigenvalue weighted by molar-refractivity contribution is 0.449. The van der Waals surface area contributed by atoms with E-state index in [9.17, 15) is 0 Å². The average molecular weight is 210 g/mol. The van der Waals surface area contributed by atoms with Crippen molar-refractivity contribution >= 4 is 17.0 Å². The van der Waals surface area contributed by atoms with Gasteiger partial charge in [0.1, 0.15) is 0 Å². The molecule has 0 aromatic heterocycles. The molecule has 0 saturated heterocycles. The van der Waals surface area contributed by atoms with Gasteiger partial charge in [-0.05, 0) is 20.3 Å². The van der Waals surface area contributed by atoms with Crippen molar-refractivity contribution in [3.63, 3.8) is 0 Å². The van der Waals surface area contributed by atoms with Crippen molar-refractivity contribution in [3.8, 4) is 0 Å². The van der Waals surface area contributed by atoms with E-state index >= 15 is 0 Å². The summed E-state index contributed by atoms with van der Waals surface area (Å²) in [6, 6.07) is 0. The monoisotopic (exact) mass is 209 g/mol. The zero-order valence-corrected chi connectivity index (χ0v) is 9.03. The fourth-order valence-electron chi connectivity index (χ4n) is 0.831. The molecule has 0 rings (SSSR count). The average Bonchev–Trinajstić information content (AvgIpc) is 1.63. The van der Waals surface area contributed by atoms with Gasteiger partial charge in [-0.3, -0.25) is 0 Å². The largest absolute Gasteiger partial charge is 0.326 e. The van der Waals surface area contributed by atoms with Crippen LogP contribution in [0.4, 0.5) is 0 Å². The summed E-state index contributed by atoms with van der Waals surface area (Å²) >= 11 is 0. The molecule has 0 aromatic rings. The van der Waals surface area contributed by atoms with Gasteiger partial charge in [-0.1, -0.05) is 26.2 Å². The molecule has 10 heavy (non-hydrogen) atoms. The molecule has 0 spiro atoms. The third-order valence-electron chi connectivity index (χ3n) is 1.42. The van der Waals surface area contributed by atoms with Gasteiger partial charge in [-0.2, -0.15) is 0 Å². The molecule has 0 bridgehead atoms. The van der Waals surface area contributed by atoms with E-state index in [1.807, 2.05) is 0 Å². The van der Waals surface area contributed by atoms with Crippen LogP contribution in [0.2, 0.25) is 0 Å². The Morgan fingerprint density at radius 2 is 1.70 bits per heavy atom. The van der Waals surface area contributed by atoms with E-state index < -0.39 is 0 Å². The summed E-state index contributed by atoms with van der Waals surface area (Å²) in [6.45, 7) is 6.38. The Morgan fingerprint density at radius 1 is 1.20 bits per heavy atom. The molecule has 2 N–H and O–H groups in total. The molecule has 0 aliphatic rings. The van der Waals surface area contributed by atoms with E-state index in [1.165, 1.54) is 19.3 Å². The second-order valence-electron chi connectivity index (χ2n) is 3.45. The lowest BCUT2D eigenvalue weighted by Gasteiger charge is -2.17. The van der Waals surface area contributed by atoms with E-state index in [1.54, 1.807) is 0 Å². The van der Waals surface area contributed by atoms with Crippen molar-refractivity contribution < 1.29 is 0 Å². The third kappa shape index (κ3) is 11.3. The first-order chi connectivity index (χ1) is 4.06. The highest BCUT2D eigenvalue weighted by molar-refractivity contribution is 8.93. The van der Waals surface area contributed by atoms with E-state index in [0.717, 1.165) is 6.42 Å². The van der Waals surface area contributed by atoms with Crippen molar-refractivity contribution in [1.29, 1.82) is 0 Å². The van der Waals surface area contributed by atoms with Crippen LogP contribution in [0, 0.1) is 0 Å². The molecule has 64 valence electrons. The molecule has 0 aromatic carbocycles. The number of hydrogen-bond donors (Lipinski definition) is 1. The van der Waals surface area contributed by atoms with Gasteiger partial charge in [0.05, 0.1) is 0 Å². The van der Waals surface area contributed by atoms with Crippen LogP contribution in [-0.4, -0.2) is 5.54 Å². The molecule has 0 aliphatic carbocycles. The first-order valence-electron chi connectivity index (χ1n) is 3.85. The van der Waals surface area contributed by atoms with Crippen LogP contribution in [0.1, 0.15) is 46.5 Å². The summed E-state index contributed by atoms with van der Waals surface area (Å²) < 4.78 is 0. The Hall–Kier alpha value is 0.440. The number of unbranched alkanes of at least 4 members (excludes halogenated alkanes) is 2. The molecule has 0 saturated carbocycles. The molecular formula is C8H20BrN. The summed E-state index contributed by atoms with van der Waals surface area (Å²) in [4.78, 5) is 0. The summed E-state index contributed by atoms with van der Waals surface area (Å²) in [5.74, 6) is 0. The first-order valence-corrected chi connectivity index (χ1v) is 3.85. The highest BCUT2D eigenvalue weighted by atomic mass is 79.9. The zero-order valence-electron chi connectivity index (χ0n) is 7.31. The molecule has 0 aliphatic heterocycles. The highest BCUT2D eigenvalue weighted by Crippen LogP contribution is 2.09. The normalized spacial score (nSPS) is 10.8. The summed E-state index contributed by atoms with van der Waals surface area (Å²) in [5, 5.41) is 0. The van der Waals surface area contributed by atoms with Crippen LogP contribution in [0.15, 0.2) is 0 Å². The molecule has 0 fully saturated rings. The van der Waals surface area contributed by atoms with Crippen molar-refractivity contribution in [2.45, 2.75) is 52.0 Å². The number of halogens is 1.